The van der Waals surface area contributed by atoms with Crippen molar-refractivity contribution in [2.45, 2.75) is 32.8 Å². The SMILES string of the molecule is COc1ccccc1OC(C)C(=O)NNC(=O)COc1ccc(C(C)C)cc1. The molecule has 2 N–H and O–H groups in total. The van der Waals surface area contributed by atoms with Gasteiger partial charge in [0.15, 0.2) is 24.2 Å². The monoisotopic (exact) mass is 386 g/mol. The number of carbonyl (C=O) groups excluding carboxylic acids is 2. The Morgan fingerprint density at radius 1 is 0.929 bits per heavy atom. The number of para-hydroxylation sites is 2. The number of hydrazine groups is 1. The summed E-state index contributed by atoms with van der Waals surface area (Å²) in [7, 11) is 1.52. The molecule has 150 valence electrons. The molecule has 2 rings (SSSR count). The molecule has 0 aromatic heterocycles. The number of hydrogen-bond acceptors (Lipinski definition) is 5. The van der Waals surface area contributed by atoms with E-state index in [9.17, 15) is 9.59 Å². The summed E-state index contributed by atoms with van der Waals surface area (Å²) in [5.74, 6) is 0.980. The molecule has 28 heavy (non-hydrogen) atoms. The summed E-state index contributed by atoms with van der Waals surface area (Å²) in [6.07, 6.45) is -0.832. The normalized spacial score (nSPS) is 11.5. The van der Waals surface area contributed by atoms with Crippen LogP contribution in [0.3, 0.4) is 0 Å². The van der Waals surface area contributed by atoms with Gasteiger partial charge in [-0.15, -0.1) is 0 Å². The van der Waals surface area contributed by atoms with Gasteiger partial charge in [-0.05, 0) is 42.7 Å². The van der Waals surface area contributed by atoms with Gasteiger partial charge in [-0.1, -0.05) is 38.1 Å². The van der Waals surface area contributed by atoms with Crippen LogP contribution >= 0.6 is 0 Å². The first-order valence-corrected chi connectivity index (χ1v) is 9.01. The molecule has 2 aromatic carbocycles. The van der Waals surface area contributed by atoms with E-state index in [2.05, 4.69) is 24.7 Å². The van der Waals surface area contributed by atoms with Crippen LogP contribution in [0.15, 0.2) is 48.5 Å². The highest BCUT2D eigenvalue weighted by Crippen LogP contribution is 2.26. The molecule has 0 heterocycles. The smallest absolute Gasteiger partial charge is 0.279 e. The van der Waals surface area contributed by atoms with Crippen molar-refractivity contribution in [3.63, 3.8) is 0 Å². The standard InChI is InChI=1S/C21H26N2O5/c1-14(2)16-9-11-17(12-10-16)27-13-20(24)22-23-21(25)15(3)28-19-8-6-5-7-18(19)26-4/h5-12,14-15H,13H2,1-4H3,(H,22,24)(H,23,25). The molecule has 2 aromatic rings. The van der Waals surface area contributed by atoms with Gasteiger partial charge in [0.25, 0.3) is 11.8 Å². The van der Waals surface area contributed by atoms with Gasteiger partial charge in [-0.3, -0.25) is 20.4 Å². The molecule has 7 heteroatoms. The molecular formula is C21H26N2O5. The van der Waals surface area contributed by atoms with E-state index < -0.39 is 17.9 Å². The fraction of sp³-hybridized carbons (Fsp3) is 0.333. The molecule has 2 amide bonds. The summed E-state index contributed by atoms with van der Waals surface area (Å²) < 4.78 is 16.2. The second-order valence-electron chi connectivity index (χ2n) is 6.46. The second-order valence-corrected chi connectivity index (χ2v) is 6.46. The number of carbonyl (C=O) groups is 2. The maximum Gasteiger partial charge on any atom is 0.279 e. The van der Waals surface area contributed by atoms with E-state index in [4.69, 9.17) is 14.2 Å². The highest BCUT2D eigenvalue weighted by atomic mass is 16.5. The van der Waals surface area contributed by atoms with Crippen molar-refractivity contribution in [1.82, 2.24) is 10.9 Å². The van der Waals surface area contributed by atoms with E-state index in [1.807, 2.05) is 24.3 Å². The largest absolute Gasteiger partial charge is 0.493 e. The first-order chi connectivity index (χ1) is 13.4. The summed E-state index contributed by atoms with van der Waals surface area (Å²) in [5, 5.41) is 0. The molecule has 0 aliphatic carbocycles. The lowest BCUT2D eigenvalue weighted by atomic mass is 10.0. The molecule has 0 aliphatic heterocycles. The maximum absolute atomic E-state index is 12.1. The Kier molecular flexibility index (Phi) is 7.68. The van der Waals surface area contributed by atoms with Crippen LogP contribution in [0.5, 0.6) is 17.2 Å². The van der Waals surface area contributed by atoms with Gasteiger partial charge >= 0.3 is 0 Å². The lowest BCUT2D eigenvalue weighted by Crippen LogP contribution is -2.48. The van der Waals surface area contributed by atoms with E-state index in [1.165, 1.54) is 12.7 Å². The average molecular weight is 386 g/mol. The molecular weight excluding hydrogens is 360 g/mol. The zero-order valence-electron chi connectivity index (χ0n) is 16.5. The summed E-state index contributed by atoms with van der Waals surface area (Å²) in [6, 6.07) is 14.5. The van der Waals surface area contributed by atoms with E-state index in [-0.39, 0.29) is 6.61 Å². The van der Waals surface area contributed by atoms with Crippen LogP contribution in [0, 0.1) is 0 Å². The predicted molar refractivity (Wildman–Crippen MR) is 105 cm³/mol. The fourth-order valence-corrected chi connectivity index (χ4v) is 2.33. The molecule has 0 saturated heterocycles. The lowest BCUT2D eigenvalue weighted by Gasteiger charge is -2.17. The van der Waals surface area contributed by atoms with Crippen LogP contribution in [0.4, 0.5) is 0 Å². The van der Waals surface area contributed by atoms with Crippen LogP contribution in [0.1, 0.15) is 32.3 Å². The Bertz CT molecular complexity index is 790. The van der Waals surface area contributed by atoms with Crippen molar-refractivity contribution < 1.29 is 23.8 Å². The fourth-order valence-electron chi connectivity index (χ4n) is 2.33. The first kappa shape index (κ1) is 21.1. The molecule has 0 aliphatic rings. The van der Waals surface area contributed by atoms with Crippen LogP contribution in [-0.2, 0) is 9.59 Å². The minimum absolute atomic E-state index is 0.219. The van der Waals surface area contributed by atoms with E-state index in [1.54, 1.807) is 31.2 Å². The zero-order valence-corrected chi connectivity index (χ0v) is 16.5. The van der Waals surface area contributed by atoms with Crippen LogP contribution in [0.25, 0.3) is 0 Å². The van der Waals surface area contributed by atoms with Gasteiger partial charge in [0.05, 0.1) is 7.11 Å². The first-order valence-electron chi connectivity index (χ1n) is 9.01. The van der Waals surface area contributed by atoms with Crippen molar-refractivity contribution in [2.75, 3.05) is 13.7 Å². The highest BCUT2D eigenvalue weighted by molar-refractivity contribution is 5.85. The predicted octanol–water partition coefficient (Wildman–Crippen LogP) is 2.81. The number of rotatable bonds is 8. The summed E-state index contributed by atoms with van der Waals surface area (Å²) >= 11 is 0. The number of benzene rings is 2. The third-order valence-corrected chi connectivity index (χ3v) is 3.98. The Balaban J connectivity index is 1.76. The highest BCUT2D eigenvalue weighted by Gasteiger charge is 2.17. The van der Waals surface area contributed by atoms with Gasteiger partial charge in [-0.2, -0.15) is 0 Å². The molecule has 7 nitrogen and oxygen atoms in total. The number of hydrogen-bond donors (Lipinski definition) is 2. The minimum Gasteiger partial charge on any atom is -0.493 e. The topological polar surface area (TPSA) is 85.9 Å². The number of methoxy groups -OCH3 is 1. The number of amides is 2. The van der Waals surface area contributed by atoms with Gasteiger partial charge < -0.3 is 14.2 Å². The molecule has 0 bridgehead atoms. The van der Waals surface area contributed by atoms with E-state index in [0.717, 1.165) is 0 Å². The average Bonchev–Trinajstić information content (AvgIpc) is 2.71. The Hall–Kier alpha value is -3.22. The van der Waals surface area contributed by atoms with Crippen LogP contribution < -0.4 is 25.1 Å². The summed E-state index contributed by atoms with van der Waals surface area (Å²) in [6.45, 7) is 5.55. The quantitative estimate of drug-likeness (QED) is 0.682. The Morgan fingerprint density at radius 2 is 1.57 bits per heavy atom. The molecule has 1 unspecified atom stereocenters. The van der Waals surface area contributed by atoms with Crippen molar-refractivity contribution >= 4 is 11.8 Å². The molecule has 0 fully saturated rings. The third-order valence-electron chi connectivity index (χ3n) is 3.98. The Labute approximate surface area is 165 Å². The lowest BCUT2D eigenvalue weighted by molar-refractivity contribution is -0.133. The van der Waals surface area contributed by atoms with Gasteiger partial charge in [0, 0.05) is 0 Å². The maximum atomic E-state index is 12.1. The Morgan fingerprint density at radius 3 is 2.18 bits per heavy atom. The number of ether oxygens (including phenoxy) is 3. The van der Waals surface area contributed by atoms with Crippen molar-refractivity contribution in [3.05, 3.63) is 54.1 Å². The molecule has 0 radical (unpaired) electrons. The van der Waals surface area contributed by atoms with Crippen molar-refractivity contribution in [1.29, 1.82) is 0 Å². The van der Waals surface area contributed by atoms with Gasteiger partial charge in [-0.25, -0.2) is 0 Å². The molecule has 0 saturated carbocycles. The molecule has 1 atom stereocenters. The van der Waals surface area contributed by atoms with Gasteiger partial charge in [0.2, 0.25) is 0 Å². The second kappa shape index (κ2) is 10.2. The van der Waals surface area contributed by atoms with Crippen LogP contribution in [-0.4, -0.2) is 31.6 Å². The van der Waals surface area contributed by atoms with Gasteiger partial charge in [0.1, 0.15) is 5.75 Å². The van der Waals surface area contributed by atoms with Crippen LogP contribution in [0.2, 0.25) is 0 Å². The van der Waals surface area contributed by atoms with E-state index >= 15 is 0 Å². The minimum atomic E-state index is -0.832. The third kappa shape index (κ3) is 6.19. The zero-order chi connectivity index (χ0) is 20.5. The summed E-state index contributed by atoms with van der Waals surface area (Å²) in [4.78, 5) is 24.0. The van der Waals surface area contributed by atoms with Crippen molar-refractivity contribution in [2.24, 2.45) is 0 Å². The van der Waals surface area contributed by atoms with Crippen molar-refractivity contribution in [3.8, 4) is 17.2 Å². The number of nitrogens with one attached hydrogen (secondary N) is 2. The molecule has 0 spiro atoms. The van der Waals surface area contributed by atoms with E-state index in [0.29, 0.717) is 23.2 Å². The summed E-state index contributed by atoms with van der Waals surface area (Å²) in [5.41, 5.74) is 5.81.